The Morgan fingerprint density at radius 1 is 1.38 bits per heavy atom. The van der Waals surface area contributed by atoms with Crippen LogP contribution in [0.4, 0.5) is 0 Å². The number of para-hydroxylation sites is 1. The topological polar surface area (TPSA) is 38.3 Å². The van der Waals surface area contributed by atoms with E-state index in [1.807, 2.05) is 24.3 Å². The summed E-state index contributed by atoms with van der Waals surface area (Å²) in [4.78, 5) is 14.3. The van der Waals surface area contributed by atoms with E-state index in [2.05, 4.69) is 18.3 Å². The second-order valence-electron chi connectivity index (χ2n) is 5.85. The van der Waals surface area contributed by atoms with E-state index in [9.17, 15) is 4.79 Å². The lowest BCUT2D eigenvalue weighted by molar-refractivity contribution is 0.0940. The molecule has 1 aromatic carbocycles. The molecule has 2 aliphatic rings. The van der Waals surface area contributed by atoms with Gasteiger partial charge < -0.3 is 10.1 Å². The Morgan fingerprint density at radius 2 is 2.19 bits per heavy atom. The van der Waals surface area contributed by atoms with Gasteiger partial charge in [-0.1, -0.05) is 12.1 Å². The van der Waals surface area contributed by atoms with Gasteiger partial charge >= 0.3 is 0 Å². The number of ether oxygens (including phenoxy) is 1. The fourth-order valence-electron chi connectivity index (χ4n) is 2.80. The number of thiophene rings is 1. The van der Waals surface area contributed by atoms with E-state index in [0.29, 0.717) is 12.5 Å². The van der Waals surface area contributed by atoms with Gasteiger partial charge in [-0.3, -0.25) is 4.79 Å². The molecule has 1 fully saturated rings. The van der Waals surface area contributed by atoms with Crippen LogP contribution in [-0.2, 0) is 6.61 Å². The molecule has 0 bridgehead atoms. The molecule has 3 nitrogen and oxygen atoms in total. The molecule has 1 amide bonds. The molecule has 1 aliphatic carbocycles. The lowest BCUT2D eigenvalue weighted by atomic mass is 10.1. The zero-order valence-corrected chi connectivity index (χ0v) is 12.7. The van der Waals surface area contributed by atoms with Crippen molar-refractivity contribution in [2.45, 2.75) is 32.4 Å². The van der Waals surface area contributed by atoms with Crippen LogP contribution in [0.5, 0.6) is 5.75 Å². The molecule has 2 aromatic rings. The highest BCUT2D eigenvalue weighted by Gasteiger charge is 2.30. The molecular formula is C17H17NO2S. The minimum absolute atomic E-state index is 0.0475. The summed E-state index contributed by atoms with van der Waals surface area (Å²) in [6.45, 7) is 2.65. The second-order valence-corrected chi connectivity index (χ2v) is 6.90. The SMILES string of the molecule is CC(NC(=O)c1cc2c(s1)-c1ccccc1OC2)C1CC1. The zero-order chi connectivity index (χ0) is 14.4. The van der Waals surface area contributed by atoms with E-state index in [1.165, 1.54) is 17.7 Å². The van der Waals surface area contributed by atoms with Gasteiger partial charge in [-0.25, -0.2) is 0 Å². The van der Waals surface area contributed by atoms with Crippen LogP contribution in [0.25, 0.3) is 10.4 Å². The molecule has 0 radical (unpaired) electrons. The first-order valence-electron chi connectivity index (χ1n) is 7.38. The van der Waals surface area contributed by atoms with E-state index >= 15 is 0 Å². The third-order valence-corrected chi connectivity index (χ3v) is 5.44. The quantitative estimate of drug-likeness (QED) is 0.935. The number of rotatable bonds is 3. The highest BCUT2D eigenvalue weighted by Crippen LogP contribution is 2.42. The number of nitrogens with one attached hydrogen (secondary N) is 1. The van der Waals surface area contributed by atoms with Crippen molar-refractivity contribution < 1.29 is 9.53 Å². The summed E-state index contributed by atoms with van der Waals surface area (Å²) in [5.41, 5.74) is 2.21. The van der Waals surface area contributed by atoms with E-state index in [-0.39, 0.29) is 11.9 Å². The molecule has 0 spiro atoms. The van der Waals surface area contributed by atoms with E-state index in [1.54, 1.807) is 11.3 Å². The lowest BCUT2D eigenvalue weighted by Gasteiger charge is -2.16. The fraction of sp³-hybridized carbons (Fsp3) is 0.353. The molecule has 1 atom stereocenters. The van der Waals surface area contributed by atoms with Crippen LogP contribution in [0.3, 0.4) is 0 Å². The molecule has 1 aromatic heterocycles. The average Bonchev–Trinajstić information content (AvgIpc) is 3.25. The van der Waals surface area contributed by atoms with Gasteiger partial charge in [0.1, 0.15) is 12.4 Å². The third kappa shape index (κ3) is 2.33. The number of benzene rings is 1. The largest absolute Gasteiger partial charge is 0.488 e. The monoisotopic (exact) mass is 299 g/mol. The number of fused-ring (bicyclic) bond motifs is 3. The van der Waals surface area contributed by atoms with Crippen LogP contribution >= 0.6 is 11.3 Å². The standard InChI is InChI=1S/C17H17NO2S/c1-10(11-6-7-11)18-17(19)15-8-12-9-20-14-5-3-2-4-13(14)16(12)21-15/h2-5,8,10-11H,6-7,9H2,1H3,(H,18,19). The molecule has 108 valence electrons. The fourth-order valence-corrected chi connectivity index (χ4v) is 3.90. The highest BCUT2D eigenvalue weighted by molar-refractivity contribution is 7.17. The summed E-state index contributed by atoms with van der Waals surface area (Å²) in [5, 5.41) is 3.12. The summed E-state index contributed by atoms with van der Waals surface area (Å²) in [6.07, 6.45) is 2.48. The second kappa shape index (κ2) is 4.88. The first-order chi connectivity index (χ1) is 10.2. The molecule has 21 heavy (non-hydrogen) atoms. The summed E-state index contributed by atoms with van der Waals surface area (Å²) < 4.78 is 5.75. The van der Waals surface area contributed by atoms with Gasteiger partial charge in [0.2, 0.25) is 0 Å². The van der Waals surface area contributed by atoms with Gasteiger partial charge in [0.05, 0.1) is 4.88 Å². The normalized spacial score (nSPS) is 17.4. The summed E-state index contributed by atoms with van der Waals surface area (Å²) >= 11 is 1.57. The highest BCUT2D eigenvalue weighted by atomic mass is 32.1. The van der Waals surface area contributed by atoms with Crippen molar-refractivity contribution in [2.75, 3.05) is 0 Å². The van der Waals surface area contributed by atoms with Crippen LogP contribution in [-0.4, -0.2) is 11.9 Å². The third-order valence-electron chi connectivity index (χ3n) is 4.24. The lowest BCUT2D eigenvalue weighted by Crippen LogP contribution is -2.33. The first kappa shape index (κ1) is 12.9. The van der Waals surface area contributed by atoms with Crippen molar-refractivity contribution in [1.82, 2.24) is 5.32 Å². The summed E-state index contributed by atoms with van der Waals surface area (Å²) in [5.74, 6) is 1.63. The minimum Gasteiger partial charge on any atom is -0.488 e. The maximum absolute atomic E-state index is 12.4. The van der Waals surface area contributed by atoms with Crippen molar-refractivity contribution in [3.8, 4) is 16.2 Å². The van der Waals surface area contributed by atoms with Gasteiger partial charge in [-0.15, -0.1) is 11.3 Å². The molecule has 1 aliphatic heterocycles. The Balaban J connectivity index is 1.62. The van der Waals surface area contributed by atoms with Crippen molar-refractivity contribution in [3.05, 3.63) is 40.8 Å². The van der Waals surface area contributed by atoms with Crippen LogP contribution in [0.1, 0.15) is 35.0 Å². The van der Waals surface area contributed by atoms with Crippen molar-refractivity contribution in [2.24, 2.45) is 5.92 Å². The van der Waals surface area contributed by atoms with Crippen LogP contribution < -0.4 is 10.1 Å². The predicted octanol–water partition coefficient (Wildman–Crippen LogP) is 3.84. The number of hydrogen-bond donors (Lipinski definition) is 1. The number of carbonyl (C=O) groups is 1. The molecule has 1 saturated carbocycles. The van der Waals surface area contributed by atoms with Gasteiger partial charge in [0.15, 0.2) is 0 Å². The molecule has 0 saturated heterocycles. The number of carbonyl (C=O) groups excluding carboxylic acids is 1. The number of amides is 1. The molecule has 2 heterocycles. The van der Waals surface area contributed by atoms with E-state index < -0.39 is 0 Å². The van der Waals surface area contributed by atoms with Crippen LogP contribution in [0.2, 0.25) is 0 Å². The first-order valence-corrected chi connectivity index (χ1v) is 8.20. The minimum atomic E-state index is 0.0475. The molecule has 4 rings (SSSR count). The Morgan fingerprint density at radius 3 is 3.00 bits per heavy atom. The molecule has 4 heteroatoms. The average molecular weight is 299 g/mol. The molecular weight excluding hydrogens is 282 g/mol. The van der Waals surface area contributed by atoms with Crippen LogP contribution in [0, 0.1) is 5.92 Å². The summed E-state index contributed by atoms with van der Waals surface area (Å²) in [7, 11) is 0. The maximum Gasteiger partial charge on any atom is 0.261 e. The Hall–Kier alpha value is -1.81. The molecule has 1 unspecified atom stereocenters. The van der Waals surface area contributed by atoms with Crippen molar-refractivity contribution >= 4 is 17.2 Å². The van der Waals surface area contributed by atoms with Gasteiger partial charge in [-0.2, -0.15) is 0 Å². The van der Waals surface area contributed by atoms with Gasteiger partial charge in [0.25, 0.3) is 5.91 Å². The Kier molecular flexibility index (Phi) is 3.00. The van der Waals surface area contributed by atoms with Gasteiger partial charge in [-0.05, 0) is 43.9 Å². The van der Waals surface area contributed by atoms with Crippen LogP contribution in [0.15, 0.2) is 30.3 Å². The van der Waals surface area contributed by atoms with E-state index in [4.69, 9.17) is 4.74 Å². The maximum atomic E-state index is 12.4. The Bertz CT molecular complexity index is 703. The summed E-state index contributed by atoms with van der Waals surface area (Å²) in [6, 6.07) is 10.3. The van der Waals surface area contributed by atoms with Gasteiger partial charge in [0, 0.05) is 22.0 Å². The van der Waals surface area contributed by atoms with Crippen molar-refractivity contribution in [3.63, 3.8) is 0 Å². The zero-order valence-electron chi connectivity index (χ0n) is 11.9. The van der Waals surface area contributed by atoms with Crippen molar-refractivity contribution in [1.29, 1.82) is 0 Å². The molecule has 1 N–H and O–H groups in total. The predicted molar refractivity (Wildman–Crippen MR) is 83.7 cm³/mol. The smallest absolute Gasteiger partial charge is 0.261 e. The van der Waals surface area contributed by atoms with E-state index in [0.717, 1.165) is 21.8 Å². The number of hydrogen-bond acceptors (Lipinski definition) is 3. The Labute approximate surface area is 127 Å².